The van der Waals surface area contributed by atoms with Crippen LogP contribution in [0.1, 0.15) is 52.1 Å². The SMILES string of the molecule is CN=C(NCCc1csc(N2CCCC2)n1)NC(C)CCC(C)C.I. The lowest BCUT2D eigenvalue weighted by molar-refractivity contribution is 0.489. The number of nitrogens with one attached hydrogen (secondary N) is 2. The fraction of sp³-hybridized carbons (Fsp3) is 0.778. The minimum Gasteiger partial charge on any atom is -0.356 e. The Bertz CT molecular complexity index is 511. The van der Waals surface area contributed by atoms with E-state index < -0.39 is 0 Å². The summed E-state index contributed by atoms with van der Waals surface area (Å²) in [6.45, 7) is 9.94. The van der Waals surface area contributed by atoms with Gasteiger partial charge in [0.05, 0.1) is 5.69 Å². The van der Waals surface area contributed by atoms with Gasteiger partial charge in [0.15, 0.2) is 11.1 Å². The lowest BCUT2D eigenvalue weighted by atomic mass is 10.0. The van der Waals surface area contributed by atoms with Crippen molar-refractivity contribution in [3.8, 4) is 0 Å². The average molecular weight is 479 g/mol. The highest BCUT2D eigenvalue weighted by Crippen LogP contribution is 2.24. The third-order valence-electron chi connectivity index (χ3n) is 4.37. The molecule has 1 aliphatic heterocycles. The van der Waals surface area contributed by atoms with Gasteiger partial charge in [0.1, 0.15) is 0 Å². The fourth-order valence-electron chi connectivity index (χ4n) is 2.86. The molecule has 1 fully saturated rings. The molecule has 0 aromatic carbocycles. The van der Waals surface area contributed by atoms with Crippen LogP contribution in [-0.2, 0) is 6.42 Å². The summed E-state index contributed by atoms with van der Waals surface area (Å²) >= 11 is 1.77. The zero-order valence-electron chi connectivity index (χ0n) is 16.0. The van der Waals surface area contributed by atoms with E-state index in [0.717, 1.165) is 37.9 Å². The van der Waals surface area contributed by atoms with Crippen molar-refractivity contribution in [1.29, 1.82) is 0 Å². The lowest BCUT2D eigenvalue weighted by Crippen LogP contribution is -2.43. The first-order chi connectivity index (χ1) is 11.6. The van der Waals surface area contributed by atoms with E-state index >= 15 is 0 Å². The molecule has 1 saturated heterocycles. The molecular weight excluding hydrogens is 445 g/mol. The maximum Gasteiger partial charge on any atom is 0.191 e. The first kappa shape index (κ1) is 22.5. The van der Waals surface area contributed by atoms with Gasteiger partial charge in [-0.1, -0.05) is 13.8 Å². The lowest BCUT2D eigenvalue weighted by Gasteiger charge is -2.18. The molecule has 0 bridgehead atoms. The predicted molar refractivity (Wildman–Crippen MR) is 121 cm³/mol. The molecule has 25 heavy (non-hydrogen) atoms. The molecule has 2 heterocycles. The normalized spacial score (nSPS) is 16.0. The number of aliphatic imine (C=N–C) groups is 1. The van der Waals surface area contributed by atoms with Gasteiger partial charge in [0.25, 0.3) is 0 Å². The molecule has 2 N–H and O–H groups in total. The van der Waals surface area contributed by atoms with E-state index in [0.29, 0.717) is 6.04 Å². The second kappa shape index (κ2) is 11.9. The molecule has 7 heteroatoms. The molecule has 0 radical (unpaired) electrons. The van der Waals surface area contributed by atoms with Crippen molar-refractivity contribution >= 4 is 46.4 Å². The molecule has 1 unspecified atom stereocenters. The molecule has 2 rings (SSSR count). The number of thiazole rings is 1. The molecule has 1 atom stereocenters. The molecule has 0 spiro atoms. The highest BCUT2D eigenvalue weighted by Gasteiger charge is 2.15. The van der Waals surface area contributed by atoms with Crippen molar-refractivity contribution < 1.29 is 0 Å². The molecular formula is C18H34IN5S. The summed E-state index contributed by atoms with van der Waals surface area (Å²) in [6, 6.07) is 0.444. The topological polar surface area (TPSA) is 52.6 Å². The molecule has 144 valence electrons. The molecule has 0 saturated carbocycles. The monoisotopic (exact) mass is 479 g/mol. The van der Waals surface area contributed by atoms with Crippen molar-refractivity contribution in [2.24, 2.45) is 10.9 Å². The van der Waals surface area contributed by atoms with Crippen molar-refractivity contribution in [2.45, 2.75) is 58.9 Å². The number of aromatic nitrogens is 1. The molecule has 5 nitrogen and oxygen atoms in total. The highest BCUT2D eigenvalue weighted by atomic mass is 127. The maximum atomic E-state index is 4.77. The van der Waals surface area contributed by atoms with Crippen LogP contribution in [0.2, 0.25) is 0 Å². The molecule has 1 aromatic heterocycles. The smallest absolute Gasteiger partial charge is 0.191 e. The van der Waals surface area contributed by atoms with Crippen molar-refractivity contribution in [3.05, 3.63) is 11.1 Å². The number of nitrogens with zero attached hydrogens (tertiary/aromatic N) is 3. The van der Waals surface area contributed by atoms with Crippen LogP contribution in [0.4, 0.5) is 5.13 Å². The van der Waals surface area contributed by atoms with Crippen LogP contribution in [0.5, 0.6) is 0 Å². The van der Waals surface area contributed by atoms with E-state index in [-0.39, 0.29) is 24.0 Å². The van der Waals surface area contributed by atoms with Crippen LogP contribution in [-0.4, -0.2) is 43.7 Å². The number of hydrogen-bond donors (Lipinski definition) is 2. The van der Waals surface area contributed by atoms with Gasteiger partial charge in [-0.05, 0) is 38.5 Å². The average Bonchev–Trinajstić information content (AvgIpc) is 3.23. The summed E-state index contributed by atoms with van der Waals surface area (Å²) in [5.41, 5.74) is 1.18. The quantitative estimate of drug-likeness (QED) is 0.338. The largest absolute Gasteiger partial charge is 0.356 e. The number of rotatable bonds is 8. The minimum absolute atomic E-state index is 0. The summed E-state index contributed by atoms with van der Waals surface area (Å²) in [5, 5.41) is 10.3. The van der Waals surface area contributed by atoms with E-state index in [1.807, 2.05) is 7.05 Å². The van der Waals surface area contributed by atoms with E-state index in [4.69, 9.17) is 4.98 Å². The summed E-state index contributed by atoms with van der Waals surface area (Å²) in [7, 11) is 1.83. The second-order valence-corrected chi connectivity index (χ2v) is 7.92. The molecule has 1 aromatic rings. The zero-order chi connectivity index (χ0) is 17.4. The summed E-state index contributed by atoms with van der Waals surface area (Å²) in [6.07, 6.45) is 5.94. The van der Waals surface area contributed by atoms with Gasteiger partial charge in [-0.15, -0.1) is 35.3 Å². The van der Waals surface area contributed by atoms with Gasteiger partial charge < -0.3 is 15.5 Å². The van der Waals surface area contributed by atoms with Crippen LogP contribution in [0, 0.1) is 5.92 Å². The Morgan fingerprint density at radius 1 is 1.28 bits per heavy atom. The third kappa shape index (κ3) is 8.11. The number of guanidine groups is 1. The van der Waals surface area contributed by atoms with Gasteiger partial charge in [-0.25, -0.2) is 4.98 Å². The Morgan fingerprint density at radius 2 is 2.00 bits per heavy atom. The third-order valence-corrected chi connectivity index (χ3v) is 5.32. The Kier molecular flexibility index (Phi) is 10.7. The van der Waals surface area contributed by atoms with Crippen LogP contribution >= 0.6 is 35.3 Å². The predicted octanol–water partition coefficient (Wildman–Crippen LogP) is 3.89. The molecule has 0 aliphatic carbocycles. The first-order valence-corrected chi connectivity index (χ1v) is 10.1. The van der Waals surface area contributed by atoms with E-state index in [9.17, 15) is 0 Å². The number of hydrogen-bond acceptors (Lipinski definition) is 4. The van der Waals surface area contributed by atoms with Crippen molar-refractivity contribution in [1.82, 2.24) is 15.6 Å². The summed E-state index contributed by atoms with van der Waals surface area (Å²) in [4.78, 5) is 11.5. The summed E-state index contributed by atoms with van der Waals surface area (Å²) in [5.74, 6) is 1.64. The van der Waals surface area contributed by atoms with E-state index in [1.54, 1.807) is 11.3 Å². The zero-order valence-corrected chi connectivity index (χ0v) is 19.2. The Balaban J connectivity index is 0.00000312. The fourth-order valence-corrected chi connectivity index (χ4v) is 3.77. The molecule has 0 amide bonds. The van der Waals surface area contributed by atoms with Gasteiger partial charge in [0, 0.05) is 44.5 Å². The van der Waals surface area contributed by atoms with Gasteiger partial charge in [-0.2, -0.15) is 0 Å². The highest BCUT2D eigenvalue weighted by molar-refractivity contribution is 14.0. The minimum atomic E-state index is 0. The second-order valence-electron chi connectivity index (χ2n) is 7.08. The Morgan fingerprint density at radius 3 is 2.64 bits per heavy atom. The van der Waals surface area contributed by atoms with Crippen LogP contribution in [0.3, 0.4) is 0 Å². The van der Waals surface area contributed by atoms with Gasteiger partial charge in [-0.3, -0.25) is 4.99 Å². The Labute approximate surface area is 174 Å². The number of halogens is 1. The first-order valence-electron chi connectivity index (χ1n) is 9.25. The van der Waals surface area contributed by atoms with Gasteiger partial charge >= 0.3 is 0 Å². The maximum absolute atomic E-state index is 4.77. The van der Waals surface area contributed by atoms with Gasteiger partial charge in [0.2, 0.25) is 0 Å². The summed E-state index contributed by atoms with van der Waals surface area (Å²) < 4.78 is 0. The van der Waals surface area contributed by atoms with Crippen LogP contribution < -0.4 is 15.5 Å². The van der Waals surface area contributed by atoms with E-state index in [1.165, 1.54) is 36.5 Å². The number of anilines is 1. The standard InChI is InChI=1S/C18H33N5S.HI/c1-14(2)7-8-15(3)21-17(19-4)20-10-9-16-13-24-18(22-16)23-11-5-6-12-23;/h13-15H,5-12H2,1-4H3,(H2,19,20,21);1H. The Hall–Kier alpha value is -0.570. The van der Waals surface area contributed by atoms with Crippen LogP contribution in [0.25, 0.3) is 0 Å². The van der Waals surface area contributed by atoms with Crippen molar-refractivity contribution in [3.63, 3.8) is 0 Å². The molecule has 1 aliphatic rings. The van der Waals surface area contributed by atoms with E-state index in [2.05, 4.69) is 46.7 Å². The van der Waals surface area contributed by atoms with Crippen molar-refractivity contribution in [2.75, 3.05) is 31.6 Å². The van der Waals surface area contributed by atoms with Crippen LogP contribution in [0.15, 0.2) is 10.4 Å².